The van der Waals surface area contributed by atoms with Gasteiger partial charge in [0.05, 0.1) is 0 Å². The van der Waals surface area contributed by atoms with E-state index in [2.05, 4.69) is 5.32 Å². The van der Waals surface area contributed by atoms with Crippen LogP contribution in [0.2, 0.25) is 0 Å². The van der Waals surface area contributed by atoms with E-state index in [1.165, 1.54) is 32.4 Å². The van der Waals surface area contributed by atoms with Crippen molar-refractivity contribution in [3.05, 3.63) is 0 Å². The van der Waals surface area contributed by atoms with Gasteiger partial charge in [-0.25, -0.2) is 0 Å². The molecule has 2 heteroatoms. The highest BCUT2D eigenvalue weighted by atomic mass is 14.9. The molecular weight excluding hydrogens is 124 g/mol. The van der Waals surface area contributed by atoms with E-state index in [1.54, 1.807) is 0 Å². The highest BCUT2D eigenvalue weighted by Gasteiger charge is 2.33. The molecule has 0 amide bonds. The van der Waals surface area contributed by atoms with Crippen LogP contribution in [0, 0.1) is 11.8 Å². The molecule has 10 heavy (non-hydrogen) atoms. The molecule has 2 rings (SSSR count). The van der Waals surface area contributed by atoms with Gasteiger partial charge in [-0.1, -0.05) is 0 Å². The summed E-state index contributed by atoms with van der Waals surface area (Å²) < 4.78 is 0. The van der Waals surface area contributed by atoms with Crippen LogP contribution in [0.3, 0.4) is 0 Å². The van der Waals surface area contributed by atoms with E-state index in [0.29, 0.717) is 6.04 Å². The lowest BCUT2D eigenvalue weighted by Crippen LogP contribution is -2.33. The maximum Gasteiger partial charge on any atom is 0.00448 e. The summed E-state index contributed by atoms with van der Waals surface area (Å²) in [5.41, 5.74) is 5.87. The number of hydrogen-bond acceptors (Lipinski definition) is 2. The smallest absolute Gasteiger partial charge is 0.00448 e. The predicted octanol–water partition coefficient (Wildman–Crippen LogP) is 0.333. The molecule has 0 aromatic rings. The third-order valence-corrected chi connectivity index (χ3v) is 2.98. The molecule has 3 N–H and O–H groups in total. The third kappa shape index (κ3) is 1.06. The molecule has 1 unspecified atom stereocenters. The summed E-state index contributed by atoms with van der Waals surface area (Å²) in [5, 5.41) is 3.42. The van der Waals surface area contributed by atoms with Gasteiger partial charge in [0.1, 0.15) is 0 Å². The Morgan fingerprint density at radius 2 is 2.00 bits per heavy atom. The predicted molar refractivity (Wildman–Crippen MR) is 41.7 cm³/mol. The van der Waals surface area contributed by atoms with Crippen molar-refractivity contribution in [1.29, 1.82) is 0 Å². The van der Waals surface area contributed by atoms with Crippen molar-refractivity contribution in [2.24, 2.45) is 17.6 Å². The summed E-state index contributed by atoms with van der Waals surface area (Å²) in [6.07, 6.45) is 3.91. The second kappa shape index (κ2) is 2.51. The minimum atomic E-state index is 0.509. The summed E-state index contributed by atoms with van der Waals surface area (Å²) in [6.45, 7) is 2.44. The van der Waals surface area contributed by atoms with Crippen LogP contribution >= 0.6 is 0 Å². The Bertz CT molecular complexity index is 110. The first-order valence-corrected chi connectivity index (χ1v) is 4.32. The summed E-state index contributed by atoms with van der Waals surface area (Å²) in [5.74, 6) is 1.86. The number of hydrogen-bond donors (Lipinski definition) is 2. The summed E-state index contributed by atoms with van der Waals surface area (Å²) in [7, 11) is 0. The van der Waals surface area contributed by atoms with Crippen LogP contribution in [0.4, 0.5) is 0 Å². The average Bonchev–Trinajstić information content (AvgIpc) is 2.27. The van der Waals surface area contributed by atoms with E-state index in [4.69, 9.17) is 5.73 Å². The highest BCUT2D eigenvalue weighted by Crippen LogP contribution is 2.34. The van der Waals surface area contributed by atoms with Crippen molar-refractivity contribution in [2.45, 2.75) is 25.3 Å². The normalized spacial score (nSPS) is 47.1. The minimum absolute atomic E-state index is 0.509. The van der Waals surface area contributed by atoms with E-state index >= 15 is 0 Å². The zero-order chi connectivity index (χ0) is 6.97. The monoisotopic (exact) mass is 140 g/mol. The zero-order valence-corrected chi connectivity index (χ0v) is 6.34. The van der Waals surface area contributed by atoms with Gasteiger partial charge in [0.15, 0.2) is 0 Å². The zero-order valence-electron chi connectivity index (χ0n) is 6.34. The maximum atomic E-state index is 5.87. The maximum absolute atomic E-state index is 5.87. The quantitative estimate of drug-likeness (QED) is 0.509. The van der Waals surface area contributed by atoms with E-state index in [9.17, 15) is 0 Å². The molecule has 0 radical (unpaired) electrons. The first-order valence-electron chi connectivity index (χ1n) is 4.32. The number of fused-ring (bicyclic) bond motifs is 1. The van der Waals surface area contributed by atoms with Crippen LogP contribution in [0.1, 0.15) is 19.3 Å². The SMILES string of the molecule is NC1C[C@H]2CNCC[C@H]2C1. The Kier molecular flexibility index (Phi) is 1.66. The fourth-order valence-corrected chi connectivity index (χ4v) is 2.44. The lowest BCUT2D eigenvalue weighted by molar-refractivity contribution is 0.295. The molecule has 2 fully saturated rings. The van der Waals surface area contributed by atoms with Crippen molar-refractivity contribution in [3.63, 3.8) is 0 Å². The van der Waals surface area contributed by atoms with Crippen LogP contribution in [-0.2, 0) is 0 Å². The van der Waals surface area contributed by atoms with Crippen LogP contribution in [0.25, 0.3) is 0 Å². The summed E-state index contributed by atoms with van der Waals surface area (Å²) in [6, 6.07) is 0.509. The van der Waals surface area contributed by atoms with Crippen molar-refractivity contribution >= 4 is 0 Å². The van der Waals surface area contributed by atoms with Gasteiger partial charge in [-0.15, -0.1) is 0 Å². The molecule has 0 spiro atoms. The molecule has 1 heterocycles. The molecule has 58 valence electrons. The average molecular weight is 140 g/mol. The lowest BCUT2D eigenvalue weighted by atomic mass is 9.90. The van der Waals surface area contributed by atoms with Crippen LogP contribution < -0.4 is 11.1 Å². The Hall–Kier alpha value is -0.0800. The fourth-order valence-electron chi connectivity index (χ4n) is 2.44. The van der Waals surface area contributed by atoms with Gasteiger partial charge in [0.25, 0.3) is 0 Å². The number of rotatable bonds is 0. The molecule has 2 aliphatic rings. The Morgan fingerprint density at radius 1 is 1.20 bits per heavy atom. The second-order valence-electron chi connectivity index (χ2n) is 3.74. The Morgan fingerprint density at radius 3 is 2.80 bits per heavy atom. The summed E-state index contributed by atoms with van der Waals surface area (Å²) in [4.78, 5) is 0. The van der Waals surface area contributed by atoms with Crippen molar-refractivity contribution in [3.8, 4) is 0 Å². The highest BCUT2D eigenvalue weighted by molar-refractivity contribution is 4.89. The largest absolute Gasteiger partial charge is 0.328 e. The molecule has 1 saturated carbocycles. The molecule has 1 aliphatic carbocycles. The molecule has 1 aliphatic heterocycles. The van der Waals surface area contributed by atoms with Gasteiger partial charge >= 0.3 is 0 Å². The van der Waals surface area contributed by atoms with Gasteiger partial charge in [-0.2, -0.15) is 0 Å². The van der Waals surface area contributed by atoms with Gasteiger partial charge in [0, 0.05) is 6.04 Å². The van der Waals surface area contributed by atoms with Gasteiger partial charge in [-0.3, -0.25) is 0 Å². The summed E-state index contributed by atoms with van der Waals surface area (Å²) >= 11 is 0. The van der Waals surface area contributed by atoms with Crippen LogP contribution in [0.5, 0.6) is 0 Å². The van der Waals surface area contributed by atoms with Gasteiger partial charge in [-0.05, 0) is 44.2 Å². The molecular formula is C8H16N2. The minimum Gasteiger partial charge on any atom is -0.328 e. The molecule has 3 atom stereocenters. The lowest BCUT2D eigenvalue weighted by Gasteiger charge is -2.25. The van der Waals surface area contributed by atoms with E-state index in [0.717, 1.165) is 11.8 Å². The van der Waals surface area contributed by atoms with Gasteiger partial charge < -0.3 is 11.1 Å². The standard InChI is InChI=1S/C8H16N2/c9-8-3-6-1-2-10-5-7(6)4-8/h6-8,10H,1-5,9H2/t6-,7-,8?/m0/s1. The second-order valence-corrected chi connectivity index (χ2v) is 3.74. The fraction of sp³-hybridized carbons (Fsp3) is 1.00. The van der Waals surface area contributed by atoms with Crippen LogP contribution in [-0.4, -0.2) is 19.1 Å². The van der Waals surface area contributed by atoms with Crippen LogP contribution in [0.15, 0.2) is 0 Å². The number of piperidine rings is 1. The molecule has 0 aromatic carbocycles. The van der Waals surface area contributed by atoms with E-state index < -0.39 is 0 Å². The number of nitrogens with one attached hydrogen (secondary N) is 1. The number of nitrogens with two attached hydrogens (primary N) is 1. The molecule has 0 bridgehead atoms. The van der Waals surface area contributed by atoms with E-state index in [1.807, 2.05) is 0 Å². The Labute approximate surface area is 62.2 Å². The van der Waals surface area contributed by atoms with Crippen molar-refractivity contribution in [1.82, 2.24) is 5.32 Å². The topological polar surface area (TPSA) is 38.0 Å². The van der Waals surface area contributed by atoms with E-state index in [-0.39, 0.29) is 0 Å². The van der Waals surface area contributed by atoms with Crippen molar-refractivity contribution < 1.29 is 0 Å². The van der Waals surface area contributed by atoms with Crippen molar-refractivity contribution in [2.75, 3.05) is 13.1 Å². The first kappa shape index (κ1) is 6.62. The molecule has 1 saturated heterocycles. The third-order valence-electron chi connectivity index (χ3n) is 2.98. The van der Waals surface area contributed by atoms with Gasteiger partial charge in [0.2, 0.25) is 0 Å². The molecule has 0 aromatic heterocycles. The Balaban J connectivity index is 1.97. The first-order chi connectivity index (χ1) is 4.86. The molecule has 2 nitrogen and oxygen atoms in total.